The molecule has 3 heterocycles. The molecule has 3 aromatic rings. The van der Waals surface area contributed by atoms with Crippen molar-refractivity contribution in [2.45, 2.75) is 0 Å². The third kappa shape index (κ3) is 1.78. The Morgan fingerprint density at radius 2 is 1.95 bits per heavy atom. The largest absolute Gasteiger partial charge is 0.351 e. The molecule has 0 amide bonds. The summed E-state index contributed by atoms with van der Waals surface area (Å²) >= 11 is 0. The smallest absolute Gasteiger partial charge is 0.263 e. The predicted octanol–water partition coefficient (Wildman–Crippen LogP) is 0.998. The van der Waals surface area contributed by atoms with Crippen LogP contribution in [0.3, 0.4) is 0 Å². The Bertz CT molecular complexity index is 871. The number of aldehydes is 1. The summed E-state index contributed by atoms with van der Waals surface area (Å²) in [5, 5.41) is 0.417. The highest BCUT2D eigenvalue weighted by molar-refractivity contribution is 5.79. The van der Waals surface area contributed by atoms with E-state index in [-0.39, 0.29) is 5.56 Å². The van der Waals surface area contributed by atoms with Gasteiger partial charge in [0.2, 0.25) is 0 Å². The van der Waals surface area contributed by atoms with Crippen molar-refractivity contribution in [3.05, 3.63) is 69.6 Å². The molecule has 0 aliphatic heterocycles. The average Bonchev–Trinajstić information content (AvgIpc) is 3.02. The van der Waals surface area contributed by atoms with Crippen molar-refractivity contribution in [1.29, 1.82) is 0 Å². The summed E-state index contributed by atoms with van der Waals surface area (Å²) in [6.07, 6.45) is 6.06. The normalized spacial score (nSPS) is 12.2. The van der Waals surface area contributed by atoms with Gasteiger partial charge < -0.3 is 4.57 Å². The molecule has 0 fully saturated rings. The number of hydrogen-bond acceptors (Lipinski definition) is 2. The molecule has 0 radical (unpaired) electrons. The van der Waals surface area contributed by atoms with Crippen LogP contribution in [-0.4, -0.2) is 15.3 Å². The first-order chi connectivity index (χ1) is 9.20. The van der Waals surface area contributed by atoms with E-state index in [9.17, 15) is 9.59 Å². The molecule has 0 atom stereocenters. The van der Waals surface area contributed by atoms with Crippen molar-refractivity contribution in [2.75, 3.05) is 0 Å². The summed E-state index contributed by atoms with van der Waals surface area (Å²) in [6, 6.07) is 9.11. The van der Waals surface area contributed by atoms with E-state index >= 15 is 0 Å². The molecule has 0 aliphatic carbocycles. The first-order valence-electron chi connectivity index (χ1n) is 5.93. The van der Waals surface area contributed by atoms with Crippen LogP contribution in [0.25, 0.3) is 11.6 Å². The van der Waals surface area contributed by atoms with E-state index in [0.717, 1.165) is 17.5 Å². The molecule has 3 aromatic heterocycles. The van der Waals surface area contributed by atoms with Crippen LogP contribution < -0.4 is 10.8 Å². The number of rotatable bonds is 2. The SMILES string of the molecule is Cn1cccc1/C=c1\c(C=O)cc2cccn2c1=O. The van der Waals surface area contributed by atoms with Gasteiger partial charge in [-0.2, -0.15) is 0 Å². The van der Waals surface area contributed by atoms with Gasteiger partial charge in [0.05, 0.1) is 5.22 Å². The van der Waals surface area contributed by atoms with Gasteiger partial charge in [0.15, 0.2) is 6.29 Å². The lowest BCUT2D eigenvalue weighted by Crippen LogP contribution is -2.33. The molecular weight excluding hydrogens is 240 g/mol. The molecule has 0 aromatic carbocycles. The van der Waals surface area contributed by atoms with Crippen LogP contribution in [0.15, 0.2) is 47.5 Å². The van der Waals surface area contributed by atoms with Crippen LogP contribution in [0.2, 0.25) is 0 Å². The van der Waals surface area contributed by atoms with Gasteiger partial charge in [-0.3, -0.25) is 14.0 Å². The zero-order chi connectivity index (χ0) is 13.4. The summed E-state index contributed by atoms with van der Waals surface area (Å²) in [5.41, 5.74) is 1.85. The van der Waals surface area contributed by atoms with Gasteiger partial charge >= 0.3 is 0 Å². The number of hydrogen-bond donors (Lipinski definition) is 0. The predicted molar refractivity (Wildman–Crippen MR) is 73.3 cm³/mol. The van der Waals surface area contributed by atoms with E-state index in [1.807, 2.05) is 29.9 Å². The fourth-order valence-corrected chi connectivity index (χ4v) is 2.20. The molecule has 94 valence electrons. The fourth-order valence-electron chi connectivity index (χ4n) is 2.20. The van der Waals surface area contributed by atoms with Crippen LogP contribution >= 0.6 is 0 Å². The molecular formula is C15H12N2O2. The van der Waals surface area contributed by atoms with Crippen molar-refractivity contribution in [1.82, 2.24) is 8.97 Å². The Morgan fingerprint density at radius 3 is 2.63 bits per heavy atom. The molecule has 0 saturated carbocycles. The quantitative estimate of drug-likeness (QED) is 0.639. The van der Waals surface area contributed by atoms with Gasteiger partial charge in [-0.15, -0.1) is 0 Å². The molecule has 0 unspecified atom stereocenters. The lowest BCUT2D eigenvalue weighted by Gasteiger charge is -1.99. The third-order valence-electron chi connectivity index (χ3n) is 3.25. The molecule has 4 heteroatoms. The topological polar surface area (TPSA) is 43.5 Å². The van der Waals surface area contributed by atoms with Gasteiger partial charge in [-0.05, 0) is 36.4 Å². The molecule has 0 aliphatic rings. The van der Waals surface area contributed by atoms with Crippen molar-refractivity contribution in [3.8, 4) is 0 Å². The van der Waals surface area contributed by atoms with Crippen molar-refractivity contribution >= 4 is 17.9 Å². The van der Waals surface area contributed by atoms with Crippen LogP contribution in [0.4, 0.5) is 0 Å². The molecule has 0 N–H and O–H groups in total. The maximum absolute atomic E-state index is 12.4. The number of aryl methyl sites for hydroxylation is 1. The Labute approximate surface area is 109 Å². The first kappa shape index (κ1) is 11.5. The second kappa shape index (κ2) is 4.24. The van der Waals surface area contributed by atoms with Crippen LogP contribution in [0.1, 0.15) is 16.1 Å². The maximum atomic E-state index is 12.4. The molecule has 4 nitrogen and oxygen atoms in total. The Balaban J connectivity index is 2.42. The molecule has 0 spiro atoms. The van der Waals surface area contributed by atoms with E-state index < -0.39 is 0 Å². The molecule has 19 heavy (non-hydrogen) atoms. The van der Waals surface area contributed by atoms with Crippen LogP contribution in [0, 0.1) is 0 Å². The summed E-state index contributed by atoms with van der Waals surface area (Å²) in [4.78, 5) is 23.6. The van der Waals surface area contributed by atoms with E-state index in [1.54, 1.807) is 34.9 Å². The highest BCUT2D eigenvalue weighted by Gasteiger charge is 2.05. The summed E-state index contributed by atoms with van der Waals surface area (Å²) in [6.45, 7) is 0. The second-order valence-corrected chi connectivity index (χ2v) is 4.43. The highest BCUT2D eigenvalue weighted by atomic mass is 16.1. The Hall–Kier alpha value is -2.62. The monoisotopic (exact) mass is 252 g/mol. The number of nitrogens with zero attached hydrogens (tertiary/aromatic N) is 2. The summed E-state index contributed by atoms with van der Waals surface area (Å²) in [5.74, 6) is 0. The van der Waals surface area contributed by atoms with Gasteiger partial charge in [-0.25, -0.2) is 0 Å². The van der Waals surface area contributed by atoms with Crippen LogP contribution in [0.5, 0.6) is 0 Å². The molecule has 0 saturated heterocycles. The van der Waals surface area contributed by atoms with E-state index in [4.69, 9.17) is 0 Å². The Kier molecular flexibility index (Phi) is 2.56. The maximum Gasteiger partial charge on any atom is 0.263 e. The highest BCUT2D eigenvalue weighted by Crippen LogP contribution is 2.03. The fraction of sp³-hybridized carbons (Fsp3) is 0.0667. The second-order valence-electron chi connectivity index (χ2n) is 4.43. The van der Waals surface area contributed by atoms with Crippen molar-refractivity contribution < 1.29 is 4.79 Å². The number of aromatic nitrogens is 2. The first-order valence-corrected chi connectivity index (χ1v) is 5.93. The summed E-state index contributed by atoms with van der Waals surface area (Å²) in [7, 11) is 1.89. The van der Waals surface area contributed by atoms with Gasteiger partial charge in [0.1, 0.15) is 0 Å². The minimum atomic E-state index is -0.175. The average molecular weight is 252 g/mol. The number of pyridine rings is 1. The minimum absolute atomic E-state index is 0.175. The summed E-state index contributed by atoms with van der Waals surface area (Å²) < 4.78 is 3.44. The Morgan fingerprint density at radius 1 is 1.16 bits per heavy atom. The standard InChI is InChI=1S/C15H12N2O2/c1-16-6-2-4-12(16)9-14-11(10-18)8-13-5-3-7-17(13)15(14)19/h2-10H,1H3/b14-9+. The van der Waals surface area contributed by atoms with Crippen molar-refractivity contribution in [2.24, 2.45) is 7.05 Å². The lowest BCUT2D eigenvalue weighted by atomic mass is 10.2. The number of carbonyl (C=O) groups excluding carboxylic acids is 1. The molecule has 0 bridgehead atoms. The van der Waals surface area contributed by atoms with Crippen molar-refractivity contribution in [3.63, 3.8) is 0 Å². The third-order valence-corrected chi connectivity index (χ3v) is 3.25. The van der Waals surface area contributed by atoms with E-state index in [0.29, 0.717) is 10.8 Å². The van der Waals surface area contributed by atoms with Gasteiger partial charge in [0, 0.05) is 36.2 Å². The minimum Gasteiger partial charge on any atom is -0.351 e. The number of fused-ring (bicyclic) bond motifs is 1. The van der Waals surface area contributed by atoms with Crippen LogP contribution in [-0.2, 0) is 7.05 Å². The van der Waals surface area contributed by atoms with E-state index in [2.05, 4.69) is 0 Å². The van der Waals surface area contributed by atoms with E-state index in [1.165, 1.54) is 0 Å². The lowest BCUT2D eigenvalue weighted by molar-refractivity contribution is 0.112. The molecule has 3 rings (SSSR count). The number of carbonyl (C=O) groups is 1. The van der Waals surface area contributed by atoms with Gasteiger partial charge in [0.25, 0.3) is 5.56 Å². The zero-order valence-corrected chi connectivity index (χ0v) is 10.4. The van der Waals surface area contributed by atoms with Gasteiger partial charge in [-0.1, -0.05) is 0 Å². The zero-order valence-electron chi connectivity index (χ0n) is 10.4.